The molecule has 0 saturated carbocycles. The van der Waals surface area contributed by atoms with Gasteiger partial charge in [0.15, 0.2) is 5.82 Å². The van der Waals surface area contributed by atoms with Crippen LogP contribution in [0.5, 0.6) is 0 Å². The Labute approximate surface area is 87.3 Å². The van der Waals surface area contributed by atoms with Gasteiger partial charge in [-0.05, 0) is 13.8 Å². The number of nitrogens with zero attached hydrogens (tertiary/aromatic N) is 4. The maximum Gasteiger partial charge on any atom is 0.246 e. The van der Waals surface area contributed by atoms with E-state index >= 15 is 0 Å². The molecule has 0 unspecified atom stereocenters. The molecule has 2 heterocycles. The van der Waals surface area contributed by atoms with E-state index in [2.05, 4.69) is 20.4 Å². The SMILES string of the molecule is Cc1cn(C)c(NCc2nc(C)no2)n1. The topological polar surface area (TPSA) is 68.8 Å². The molecule has 80 valence electrons. The number of aromatic nitrogens is 4. The molecule has 2 aromatic rings. The Morgan fingerprint density at radius 2 is 2.20 bits per heavy atom. The first-order valence-electron chi connectivity index (χ1n) is 4.68. The van der Waals surface area contributed by atoms with E-state index in [1.165, 1.54) is 0 Å². The van der Waals surface area contributed by atoms with Crippen molar-refractivity contribution in [2.75, 3.05) is 5.32 Å². The number of imidazole rings is 1. The van der Waals surface area contributed by atoms with Gasteiger partial charge in [-0.15, -0.1) is 0 Å². The van der Waals surface area contributed by atoms with Crippen LogP contribution in [-0.2, 0) is 13.6 Å². The molecule has 0 aliphatic carbocycles. The van der Waals surface area contributed by atoms with Gasteiger partial charge < -0.3 is 14.4 Å². The zero-order valence-corrected chi connectivity index (χ0v) is 8.98. The van der Waals surface area contributed by atoms with E-state index in [1.807, 2.05) is 24.7 Å². The van der Waals surface area contributed by atoms with Crippen LogP contribution in [0.15, 0.2) is 10.7 Å². The summed E-state index contributed by atoms with van der Waals surface area (Å²) in [6.07, 6.45) is 1.95. The molecule has 2 aromatic heterocycles. The number of anilines is 1. The highest BCUT2D eigenvalue weighted by Crippen LogP contribution is 2.07. The maximum atomic E-state index is 4.97. The predicted octanol–water partition coefficient (Wildman–Crippen LogP) is 1.03. The van der Waals surface area contributed by atoms with Crippen molar-refractivity contribution >= 4 is 5.95 Å². The third kappa shape index (κ3) is 2.15. The highest BCUT2D eigenvalue weighted by molar-refractivity contribution is 5.28. The predicted molar refractivity (Wildman–Crippen MR) is 54.3 cm³/mol. The van der Waals surface area contributed by atoms with Gasteiger partial charge in [-0.3, -0.25) is 0 Å². The summed E-state index contributed by atoms with van der Waals surface area (Å²) in [6, 6.07) is 0. The van der Waals surface area contributed by atoms with Gasteiger partial charge in [0, 0.05) is 13.2 Å². The van der Waals surface area contributed by atoms with E-state index in [1.54, 1.807) is 6.92 Å². The van der Waals surface area contributed by atoms with Crippen molar-refractivity contribution in [2.24, 2.45) is 7.05 Å². The van der Waals surface area contributed by atoms with Gasteiger partial charge in [-0.25, -0.2) is 4.98 Å². The third-order valence-corrected chi connectivity index (χ3v) is 1.96. The molecule has 6 nitrogen and oxygen atoms in total. The molecule has 0 spiro atoms. The van der Waals surface area contributed by atoms with Crippen molar-refractivity contribution in [1.29, 1.82) is 0 Å². The van der Waals surface area contributed by atoms with Crippen molar-refractivity contribution in [2.45, 2.75) is 20.4 Å². The van der Waals surface area contributed by atoms with Crippen LogP contribution in [0.1, 0.15) is 17.4 Å². The van der Waals surface area contributed by atoms with Crippen LogP contribution in [0, 0.1) is 13.8 Å². The smallest absolute Gasteiger partial charge is 0.246 e. The standard InChI is InChI=1S/C9H13N5O/c1-6-5-14(3)9(11-6)10-4-8-12-7(2)13-15-8/h5H,4H2,1-3H3,(H,10,11). The summed E-state index contributed by atoms with van der Waals surface area (Å²) in [6.45, 7) is 4.23. The van der Waals surface area contributed by atoms with Gasteiger partial charge >= 0.3 is 0 Å². The monoisotopic (exact) mass is 207 g/mol. The molecule has 6 heteroatoms. The normalized spacial score (nSPS) is 10.6. The van der Waals surface area contributed by atoms with Crippen molar-refractivity contribution in [3.8, 4) is 0 Å². The van der Waals surface area contributed by atoms with Crippen LogP contribution in [-0.4, -0.2) is 19.7 Å². The molecule has 0 aliphatic rings. The van der Waals surface area contributed by atoms with Crippen molar-refractivity contribution in [1.82, 2.24) is 19.7 Å². The fraction of sp³-hybridized carbons (Fsp3) is 0.444. The lowest BCUT2D eigenvalue weighted by Crippen LogP contribution is -2.04. The van der Waals surface area contributed by atoms with E-state index in [-0.39, 0.29) is 0 Å². The molecule has 2 rings (SSSR count). The highest BCUT2D eigenvalue weighted by atomic mass is 16.5. The van der Waals surface area contributed by atoms with E-state index < -0.39 is 0 Å². The molecule has 0 radical (unpaired) electrons. The molecule has 0 amide bonds. The second kappa shape index (κ2) is 3.72. The molecule has 15 heavy (non-hydrogen) atoms. The molecular formula is C9H13N5O. The minimum absolute atomic E-state index is 0.491. The zero-order valence-electron chi connectivity index (χ0n) is 8.98. The van der Waals surface area contributed by atoms with Crippen LogP contribution in [0.25, 0.3) is 0 Å². The van der Waals surface area contributed by atoms with Crippen LogP contribution >= 0.6 is 0 Å². The number of aryl methyl sites for hydroxylation is 3. The number of rotatable bonds is 3. The molecule has 0 saturated heterocycles. The fourth-order valence-corrected chi connectivity index (χ4v) is 1.35. The lowest BCUT2D eigenvalue weighted by atomic mass is 10.6. The molecule has 0 aliphatic heterocycles. The van der Waals surface area contributed by atoms with Gasteiger partial charge in [0.25, 0.3) is 0 Å². The lowest BCUT2D eigenvalue weighted by Gasteiger charge is -2.01. The molecular weight excluding hydrogens is 194 g/mol. The van der Waals surface area contributed by atoms with Crippen LogP contribution in [0.2, 0.25) is 0 Å². The molecule has 0 aromatic carbocycles. The van der Waals surface area contributed by atoms with Crippen molar-refractivity contribution < 1.29 is 4.52 Å². The van der Waals surface area contributed by atoms with E-state index in [4.69, 9.17) is 4.52 Å². The van der Waals surface area contributed by atoms with Gasteiger partial charge in [0.05, 0.1) is 12.2 Å². The Morgan fingerprint density at radius 3 is 2.73 bits per heavy atom. The van der Waals surface area contributed by atoms with Gasteiger partial charge in [-0.1, -0.05) is 5.16 Å². The Bertz CT molecular complexity index is 459. The van der Waals surface area contributed by atoms with Crippen LogP contribution < -0.4 is 5.32 Å². The maximum absolute atomic E-state index is 4.97. The zero-order chi connectivity index (χ0) is 10.8. The summed E-state index contributed by atoms with van der Waals surface area (Å²) in [4.78, 5) is 8.38. The molecule has 0 fully saturated rings. The summed E-state index contributed by atoms with van der Waals surface area (Å²) < 4.78 is 6.89. The lowest BCUT2D eigenvalue weighted by molar-refractivity contribution is 0.379. The number of nitrogens with one attached hydrogen (secondary N) is 1. The third-order valence-electron chi connectivity index (χ3n) is 1.96. The Balaban J connectivity index is 2.01. The first-order valence-corrected chi connectivity index (χ1v) is 4.68. The van der Waals surface area contributed by atoms with E-state index in [0.29, 0.717) is 18.3 Å². The highest BCUT2D eigenvalue weighted by Gasteiger charge is 2.05. The van der Waals surface area contributed by atoms with E-state index in [9.17, 15) is 0 Å². The second-order valence-corrected chi connectivity index (χ2v) is 3.41. The fourth-order valence-electron chi connectivity index (χ4n) is 1.35. The first kappa shape index (κ1) is 9.70. The summed E-state index contributed by atoms with van der Waals surface area (Å²) in [5.41, 5.74) is 0.974. The minimum Gasteiger partial charge on any atom is -0.347 e. The Morgan fingerprint density at radius 1 is 1.40 bits per heavy atom. The average molecular weight is 207 g/mol. The summed E-state index contributed by atoms with van der Waals surface area (Å²) in [7, 11) is 1.93. The average Bonchev–Trinajstić information content (AvgIpc) is 2.70. The summed E-state index contributed by atoms with van der Waals surface area (Å²) >= 11 is 0. The first-order chi connectivity index (χ1) is 7.15. The summed E-state index contributed by atoms with van der Waals surface area (Å²) in [5, 5.41) is 6.82. The molecule has 1 N–H and O–H groups in total. The number of hydrogen-bond acceptors (Lipinski definition) is 5. The van der Waals surface area contributed by atoms with E-state index in [0.717, 1.165) is 11.6 Å². The molecule has 0 bridgehead atoms. The Hall–Kier alpha value is -1.85. The van der Waals surface area contributed by atoms with Crippen molar-refractivity contribution in [3.05, 3.63) is 23.6 Å². The quantitative estimate of drug-likeness (QED) is 0.814. The Kier molecular flexibility index (Phi) is 2.40. The van der Waals surface area contributed by atoms with Gasteiger partial charge in [0.1, 0.15) is 0 Å². The summed E-state index contributed by atoms with van der Waals surface area (Å²) in [5.74, 6) is 2.00. The number of hydrogen-bond donors (Lipinski definition) is 1. The van der Waals surface area contributed by atoms with Crippen LogP contribution in [0.4, 0.5) is 5.95 Å². The minimum atomic E-state index is 0.491. The van der Waals surface area contributed by atoms with Gasteiger partial charge in [-0.2, -0.15) is 4.98 Å². The second-order valence-electron chi connectivity index (χ2n) is 3.41. The molecule has 0 atom stereocenters. The van der Waals surface area contributed by atoms with Gasteiger partial charge in [0.2, 0.25) is 11.8 Å². The largest absolute Gasteiger partial charge is 0.347 e. The van der Waals surface area contributed by atoms with Crippen LogP contribution in [0.3, 0.4) is 0 Å². The van der Waals surface area contributed by atoms with Crippen molar-refractivity contribution in [3.63, 3.8) is 0 Å².